The molecule has 16 heteroatoms. The van der Waals surface area contributed by atoms with Crippen LogP contribution in [0.2, 0.25) is 5.02 Å². The zero-order valence-corrected chi connectivity index (χ0v) is 26.9. The Bertz CT molecular complexity index is 1970. The molecule has 0 bridgehead atoms. The molecule has 11 nitrogen and oxygen atoms in total. The number of ether oxygens (including phenoxy) is 1. The number of nitrogens with zero attached hydrogens (tertiary/aromatic N) is 3. The summed E-state index contributed by atoms with van der Waals surface area (Å²) >= 11 is 5.81. The lowest BCUT2D eigenvalue weighted by atomic mass is 10.1. The third kappa shape index (κ3) is 7.40. The topological polar surface area (TPSA) is 137 Å². The van der Waals surface area contributed by atoms with E-state index in [0.717, 1.165) is 16.2 Å². The summed E-state index contributed by atoms with van der Waals surface area (Å²) < 4.78 is 91.1. The number of nitrogens with one attached hydrogen (secondary N) is 1. The summed E-state index contributed by atoms with van der Waals surface area (Å²) in [6.45, 7) is 1.30. The fourth-order valence-corrected chi connectivity index (χ4v) is 7.45. The van der Waals surface area contributed by atoms with Crippen molar-refractivity contribution in [3.63, 3.8) is 0 Å². The first-order chi connectivity index (χ1) is 21.7. The van der Waals surface area contributed by atoms with Gasteiger partial charge in [0.1, 0.15) is 5.75 Å². The second-order valence-corrected chi connectivity index (χ2v) is 14.2. The minimum absolute atomic E-state index is 0.0223. The van der Waals surface area contributed by atoms with Crippen molar-refractivity contribution in [1.29, 1.82) is 0 Å². The van der Waals surface area contributed by atoms with E-state index < -0.39 is 67.9 Å². The van der Waals surface area contributed by atoms with Crippen LogP contribution < -0.4 is 15.1 Å². The Kier molecular flexibility index (Phi) is 10.5. The molecule has 0 atom stereocenters. The van der Waals surface area contributed by atoms with Gasteiger partial charge in [-0.1, -0.05) is 36.4 Å². The molecule has 0 saturated carbocycles. The minimum atomic E-state index is -4.86. The first kappa shape index (κ1) is 34.6. The number of benzene rings is 4. The van der Waals surface area contributed by atoms with Gasteiger partial charge in [0.25, 0.3) is 15.9 Å². The van der Waals surface area contributed by atoms with Gasteiger partial charge in [0, 0.05) is 49.5 Å². The van der Waals surface area contributed by atoms with Gasteiger partial charge in [-0.15, -0.1) is 0 Å². The first-order valence-corrected chi connectivity index (χ1v) is 16.6. The quantitative estimate of drug-likeness (QED) is 0.148. The molecule has 0 aromatic heterocycles. The smallest absolute Gasteiger partial charge is 0.264 e. The van der Waals surface area contributed by atoms with Crippen molar-refractivity contribution in [2.45, 2.75) is 9.79 Å². The summed E-state index contributed by atoms with van der Waals surface area (Å²) in [5.41, 5.74) is 2.13. The van der Waals surface area contributed by atoms with E-state index in [1.807, 2.05) is 19.0 Å². The van der Waals surface area contributed by atoms with Crippen molar-refractivity contribution in [3.8, 4) is 11.5 Å². The molecule has 4 aromatic carbocycles. The van der Waals surface area contributed by atoms with Crippen LogP contribution >= 0.6 is 11.6 Å². The predicted molar refractivity (Wildman–Crippen MR) is 169 cm³/mol. The summed E-state index contributed by atoms with van der Waals surface area (Å²) in [6, 6.07) is 16.4. The molecule has 4 aromatic rings. The maximum Gasteiger partial charge on any atom is 0.264 e. The van der Waals surface area contributed by atoms with E-state index in [0.29, 0.717) is 32.2 Å². The number of rotatable bonds is 13. The molecular formula is C30H29ClF2N4O7S2. The lowest BCUT2D eigenvalue weighted by molar-refractivity contribution is -0.129. The van der Waals surface area contributed by atoms with E-state index in [4.69, 9.17) is 21.5 Å². The highest BCUT2D eigenvalue weighted by Crippen LogP contribution is 2.32. The third-order valence-corrected chi connectivity index (χ3v) is 10.7. The standard InChI is InChI=1S/C30H29ClF2N4O7S2/c1-4-36(46(42,43)28-7-5-6-20-16-22(35(2)3)10-13-25(20)28)14-15-37(19-29(38)34-39)45(40,41)24-17-26(32)30(27(33)18-24)44-23-11-8-21(31)9-12-23/h4-13,16-18,39H,1,14-15,19H2,2-3H3,(H,34,38). The number of amides is 1. The number of halogens is 3. The molecule has 0 aliphatic carbocycles. The van der Waals surface area contributed by atoms with Crippen LogP contribution in [0.1, 0.15) is 0 Å². The Morgan fingerprint density at radius 3 is 2.20 bits per heavy atom. The highest BCUT2D eigenvalue weighted by atomic mass is 35.5. The van der Waals surface area contributed by atoms with Crippen molar-refractivity contribution < 1.29 is 40.4 Å². The normalized spacial score (nSPS) is 11.8. The van der Waals surface area contributed by atoms with Crippen molar-refractivity contribution in [1.82, 2.24) is 14.1 Å². The Hall–Kier alpha value is -4.28. The number of fused-ring (bicyclic) bond motifs is 1. The fraction of sp³-hybridized carbons (Fsp3) is 0.167. The van der Waals surface area contributed by atoms with Gasteiger partial charge >= 0.3 is 0 Å². The number of anilines is 1. The molecule has 0 unspecified atom stereocenters. The van der Waals surface area contributed by atoms with Gasteiger partial charge in [0.05, 0.1) is 16.3 Å². The van der Waals surface area contributed by atoms with Crippen LogP contribution in [0.15, 0.2) is 95.4 Å². The lowest BCUT2D eigenvalue weighted by Crippen LogP contribution is -2.44. The highest BCUT2D eigenvalue weighted by Gasteiger charge is 2.31. The zero-order valence-electron chi connectivity index (χ0n) is 24.5. The molecule has 2 N–H and O–H groups in total. The molecule has 0 fully saturated rings. The molecule has 0 aliphatic rings. The Morgan fingerprint density at radius 1 is 0.957 bits per heavy atom. The van der Waals surface area contributed by atoms with Crippen molar-refractivity contribution in [2.75, 3.05) is 38.6 Å². The predicted octanol–water partition coefficient (Wildman–Crippen LogP) is 4.96. The van der Waals surface area contributed by atoms with E-state index in [1.165, 1.54) is 35.8 Å². The molecule has 0 saturated heterocycles. The number of hydrogen-bond acceptors (Lipinski definition) is 8. The minimum Gasteiger partial charge on any atom is -0.451 e. The van der Waals surface area contributed by atoms with Gasteiger partial charge in [-0.3, -0.25) is 14.3 Å². The largest absolute Gasteiger partial charge is 0.451 e. The number of hydrogen-bond donors (Lipinski definition) is 2. The second-order valence-electron chi connectivity index (χ2n) is 10.00. The molecule has 0 spiro atoms. The number of carbonyl (C=O) groups is 1. The van der Waals surface area contributed by atoms with Gasteiger partial charge < -0.3 is 9.64 Å². The van der Waals surface area contributed by atoms with Crippen LogP contribution in [0.4, 0.5) is 14.5 Å². The summed E-state index contributed by atoms with van der Waals surface area (Å²) in [6.07, 6.45) is 0.974. The molecular weight excluding hydrogens is 666 g/mol. The molecule has 0 aliphatic heterocycles. The summed E-state index contributed by atoms with van der Waals surface area (Å²) in [4.78, 5) is 12.9. The van der Waals surface area contributed by atoms with E-state index >= 15 is 8.78 Å². The molecule has 1 amide bonds. The number of sulfonamides is 2. The van der Waals surface area contributed by atoms with Crippen LogP contribution in [0.3, 0.4) is 0 Å². The van der Waals surface area contributed by atoms with E-state index in [9.17, 15) is 21.6 Å². The van der Waals surface area contributed by atoms with Crippen LogP contribution in [0.25, 0.3) is 10.8 Å². The molecule has 0 radical (unpaired) electrons. The van der Waals surface area contributed by atoms with Gasteiger partial charge in [-0.25, -0.2) is 31.1 Å². The maximum atomic E-state index is 15.0. The van der Waals surface area contributed by atoms with Crippen LogP contribution in [0, 0.1) is 11.6 Å². The Morgan fingerprint density at radius 2 is 1.61 bits per heavy atom. The summed E-state index contributed by atoms with van der Waals surface area (Å²) in [5.74, 6) is -4.80. The third-order valence-electron chi connectivity index (χ3n) is 6.79. The van der Waals surface area contributed by atoms with Gasteiger partial charge in [0.15, 0.2) is 17.4 Å². The number of hydroxylamine groups is 1. The number of carbonyl (C=O) groups excluding carboxylic acids is 1. The van der Waals surface area contributed by atoms with E-state index in [-0.39, 0.29) is 10.6 Å². The van der Waals surface area contributed by atoms with Crippen molar-refractivity contribution in [2.24, 2.45) is 0 Å². The van der Waals surface area contributed by atoms with Gasteiger partial charge in [0.2, 0.25) is 10.0 Å². The Labute approximate surface area is 269 Å². The molecule has 4 rings (SSSR count). The summed E-state index contributed by atoms with van der Waals surface area (Å²) in [7, 11) is -5.50. The van der Waals surface area contributed by atoms with Gasteiger partial charge in [-0.05, 0) is 60.0 Å². The first-order valence-electron chi connectivity index (χ1n) is 13.4. The van der Waals surface area contributed by atoms with Gasteiger partial charge in [-0.2, -0.15) is 4.31 Å². The second kappa shape index (κ2) is 14.0. The van der Waals surface area contributed by atoms with Crippen molar-refractivity contribution in [3.05, 3.63) is 102 Å². The Balaban J connectivity index is 1.64. The highest BCUT2D eigenvalue weighted by molar-refractivity contribution is 7.89. The van der Waals surface area contributed by atoms with Crippen LogP contribution in [-0.2, 0) is 24.8 Å². The summed E-state index contributed by atoms with van der Waals surface area (Å²) in [5, 5.41) is 10.4. The molecule has 46 heavy (non-hydrogen) atoms. The lowest BCUT2D eigenvalue weighted by Gasteiger charge is -2.26. The van der Waals surface area contributed by atoms with Crippen molar-refractivity contribution >= 4 is 54.0 Å². The molecule has 0 heterocycles. The zero-order chi connectivity index (χ0) is 33.8. The SMILES string of the molecule is C=CN(CCN(CC(=O)NO)S(=O)(=O)c1cc(F)c(Oc2ccc(Cl)cc2)c(F)c1)S(=O)(=O)c1cccc2cc(N(C)C)ccc12. The van der Waals surface area contributed by atoms with Crippen LogP contribution in [-0.4, -0.2) is 70.3 Å². The fourth-order valence-electron chi connectivity index (χ4n) is 4.42. The average Bonchev–Trinajstić information content (AvgIpc) is 3.02. The van der Waals surface area contributed by atoms with E-state index in [1.54, 1.807) is 30.3 Å². The average molecular weight is 695 g/mol. The maximum absolute atomic E-state index is 15.0. The molecule has 244 valence electrons. The van der Waals surface area contributed by atoms with Crippen LogP contribution in [0.5, 0.6) is 11.5 Å². The van der Waals surface area contributed by atoms with E-state index in [2.05, 4.69) is 6.58 Å². The monoisotopic (exact) mass is 694 g/mol.